The first-order valence-corrected chi connectivity index (χ1v) is 7.09. The summed E-state index contributed by atoms with van der Waals surface area (Å²) in [5, 5.41) is 9.51. The Balaban J connectivity index is 0.000000217. The molecule has 2 aromatic rings. The van der Waals surface area contributed by atoms with Gasteiger partial charge in [-0.2, -0.15) is 0 Å². The van der Waals surface area contributed by atoms with Crippen LogP contribution in [-0.4, -0.2) is 15.1 Å². The maximum atomic E-state index is 13.0. The van der Waals surface area contributed by atoms with Gasteiger partial charge in [0.05, 0.1) is 18.0 Å². The van der Waals surface area contributed by atoms with Gasteiger partial charge in [-0.15, -0.1) is 0 Å². The normalized spacial score (nSPS) is 10.8. The van der Waals surface area contributed by atoms with E-state index in [9.17, 15) is 13.9 Å². The van der Waals surface area contributed by atoms with Gasteiger partial charge in [-0.3, -0.25) is 0 Å². The summed E-state index contributed by atoms with van der Waals surface area (Å²) in [6.07, 6.45) is 2.24. The van der Waals surface area contributed by atoms with Crippen molar-refractivity contribution in [2.75, 3.05) is 0 Å². The number of pyridine rings is 2. The highest BCUT2D eigenvalue weighted by Gasteiger charge is 2.20. The zero-order valence-electron chi connectivity index (χ0n) is 10.7. The van der Waals surface area contributed by atoms with Gasteiger partial charge in [-0.1, -0.05) is 0 Å². The van der Waals surface area contributed by atoms with Gasteiger partial charge in [0.25, 0.3) is 0 Å². The fourth-order valence-electron chi connectivity index (χ4n) is 1.24. The molecule has 3 nitrogen and oxygen atoms in total. The van der Waals surface area contributed by atoms with Crippen LogP contribution in [0, 0.1) is 11.6 Å². The highest BCUT2D eigenvalue weighted by atomic mass is 79.9. The molecule has 0 aliphatic carbocycles. The summed E-state index contributed by atoms with van der Waals surface area (Å²) < 4.78 is 26.2. The summed E-state index contributed by atoms with van der Waals surface area (Å²) >= 11 is 6.17. The molecule has 0 fully saturated rings. The first-order valence-electron chi connectivity index (χ1n) is 5.51. The average molecular weight is 410 g/mol. The van der Waals surface area contributed by atoms with Crippen molar-refractivity contribution in [2.24, 2.45) is 0 Å². The Morgan fingerprint density at radius 1 is 1.05 bits per heavy atom. The fourth-order valence-corrected chi connectivity index (χ4v) is 1.81. The molecule has 2 rings (SSSR count). The minimum absolute atomic E-state index is 0.240. The minimum atomic E-state index is -1.17. The molecule has 0 radical (unpaired) electrons. The van der Waals surface area contributed by atoms with Crippen LogP contribution < -0.4 is 0 Å². The van der Waals surface area contributed by atoms with Crippen LogP contribution in [0.5, 0.6) is 0 Å². The maximum absolute atomic E-state index is 13.0. The molecule has 2 heterocycles. The van der Waals surface area contributed by atoms with E-state index in [2.05, 4.69) is 41.8 Å². The van der Waals surface area contributed by atoms with Crippen LogP contribution in [0.3, 0.4) is 0 Å². The summed E-state index contributed by atoms with van der Waals surface area (Å²) in [6.45, 7) is 3.05. The molecule has 2 aromatic heterocycles. The number of aliphatic hydroxyl groups is 1. The molecule has 0 spiro atoms. The highest BCUT2D eigenvalue weighted by molar-refractivity contribution is 9.10. The van der Waals surface area contributed by atoms with Gasteiger partial charge >= 0.3 is 0 Å². The zero-order chi connectivity index (χ0) is 15.3. The molecule has 0 aliphatic heterocycles. The molecule has 0 bridgehead atoms. The van der Waals surface area contributed by atoms with E-state index in [1.807, 2.05) is 0 Å². The van der Waals surface area contributed by atoms with Crippen molar-refractivity contribution in [1.29, 1.82) is 0 Å². The smallest absolute Gasteiger partial charge is 0.147 e. The fraction of sp³-hybridized carbons (Fsp3) is 0.231. The number of aromatic nitrogens is 2. The van der Waals surface area contributed by atoms with E-state index in [1.165, 1.54) is 26.0 Å². The standard InChI is InChI=1S/C8H9BrFNO.C5H3BrFN/c1-8(2,12)5-3-7(9)11-4-6(5)10;6-5-2-1-4(7)3-8-5/h3-4,12H,1-2H3;1-3H. The molecule has 0 aliphatic rings. The lowest BCUT2D eigenvalue weighted by molar-refractivity contribution is 0.0743. The summed E-state index contributed by atoms with van der Waals surface area (Å²) in [5.41, 5.74) is -0.931. The van der Waals surface area contributed by atoms with Crippen LogP contribution in [0.25, 0.3) is 0 Å². The third-order valence-corrected chi connectivity index (χ3v) is 3.08. The lowest BCUT2D eigenvalue weighted by atomic mass is 10.00. The molecule has 0 aromatic carbocycles. The van der Waals surface area contributed by atoms with E-state index in [0.717, 1.165) is 12.4 Å². The van der Waals surface area contributed by atoms with E-state index in [1.54, 1.807) is 6.07 Å². The first kappa shape index (κ1) is 17.1. The maximum Gasteiger partial charge on any atom is 0.147 e. The lowest BCUT2D eigenvalue weighted by Gasteiger charge is -2.18. The topological polar surface area (TPSA) is 46.0 Å². The van der Waals surface area contributed by atoms with Gasteiger partial charge in [0.1, 0.15) is 20.8 Å². The van der Waals surface area contributed by atoms with Crippen molar-refractivity contribution < 1.29 is 13.9 Å². The van der Waals surface area contributed by atoms with Crippen molar-refractivity contribution in [2.45, 2.75) is 19.4 Å². The number of hydrogen-bond donors (Lipinski definition) is 1. The second-order valence-electron chi connectivity index (χ2n) is 4.35. The Kier molecular flexibility index (Phi) is 6.16. The molecule has 0 unspecified atom stereocenters. The van der Waals surface area contributed by atoms with Crippen molar-refractivity contribution in [3.8, 4) is 0 Å². The van der Waals surface area contributed by atoms with Crippen LogP contribution in [-0.2, 0) is 5.60 Å². The third kappa shape index (κ3) is 5.60. The Hall–Kier alpha value is -0.920. The van der Waals surface area contributed by atoms with Gasteiger partial charge in [0.15, 0.2) is 0 Å². The molecule has 0 amide bonds. The van der Waals surface area contributed by atoms with E-state index >= 15 is 0 Å². The molecule has 0 saturated heterocycles. The largest absolute Gasteiger partial charge is 0.386 e. The van der Waals surface area contributed by atoms with Crippen molar-refractivity contribution in [1.82, 2.24) is 9.97 Å². The van der Waals surface area contributed by atoms with Gasteiger partial charge in [-0.05, 0) is 63.9 Å². The Labute approximate surface area is 132 Å². The molecule has 0 atom stereocenters. The SMILES string of the molecule is CC(C)(O)c1cc(Br)ncc1F.Fc1ccc(Br)nc1. The average Bonchev–Trinajstić information content (AvgIpc) is 2.35. The van der Waals surface area contributed by atoms with Crippen LogP contribution in [0.2, 0.25) is 0 Å². The molecule has 108 valence electrons. The van der Waals surface area contributed by atoms with Crippen molar-refractivity contribution in [3.63, 3.8) is 0 Å². The van der Waals surface area contributed by atoms with Crippen LogP contribution >= 0.6 is 31.9 Å². The Morgan fingerprint density at radius 3 is 2.05 bits per heavy atom. The monoisotopic (exact) mass is 408 g/mol. The summed E-state index contributed by atoms with van der Waals surface area (Å²) in [5.74, 6) is -0.807. The van der Waals surface area contributed by atoms with Gasteiger partial charge < -0.3 is 5.11 Å². The van der Waals surface area contributed by atoms with E-state index < -0.39 is 11.4 Å². The summed E-state index contributed by atoms with van der Waals surface area (Å²) in [7, 11) is 0. The van der Waals surface area contributed by atoms with Crippen molar-refractivity contribution >= 4 is 31.9 Å². The third-order valence-electron chi connectivity index (χ3n) is 2.17. The quantitative estimate of drug-likeness (QED) is 0.718. The van der Waals surface area contributed by atoms with Crippen LogP contribution in [0.1, 0.15) is 19.4 Å². The van der Waals surface area contributed by atoms with Gasteiger partial charge in [0.2, 0.25) is 0 Å². The summed E-state index contributed by atoms with van der Waals surface area (Å²) in [4.78, 5) is 7.30. The lowest BCUT2D eigenvalue weighted by Crippen LogP contribution is -2.17. The minimum Gasteiger partial charge on any atom is -0.386 e. The van der Waals surface area contributed by atoms with Gasteiger partial charge in [-0.25, -0.2) is 18.7 Å². The second-order valence-corrected chi connectivity index (χ2v) is 5.97. The number of nitrogens with zero attached hydrogens (tertiary/aromatic N) is 2. The second kappa shape index (κ2) is 7.19. The Morgan fingerprint density at radius 2 is 1.65 bits per heavy atom. The summed E-state index contributed by atoms with van der Waals surface area (Å²) in [6, 6.07) is 4.36. The molecule has 20 heavy (non-hydrogen) atoms. The number of halogens is 4. The van der Waals surface area contributed by atoms with Gasteiger partial charge in [0, 0.05) is 5.56 Å². The zero-order valence-corrected chi connectivity index (χ0v) is 13.9. The molecular formula is C13H12Br2F2N2O. The number of rotatable bonds is 1. The van der Waals surface area contributed by atoms with Crippen molar-refractivity contribution in [3.05, 3.63) is 57.0 Å². The number of hydrogen-bond acceptors (Lipinski definition) is 3. The van der Waals surface area contributed by atoms with Crippen LogP contribution in [0.15, 0.2) is 39.8 Å². The van der Waals surface area contributed by atoms with E-state index in [4.69, 9.17) is 0 Å². The van der Waals surface area contributed by atoms with Crippen LogP contribution in [0.4, 0.5) is 8.78 Å². The molecule has 1 N–H and O–H groups in total. The predicted octanol–water partition coefficient (Wildman–Crippen LogP) is 4.19. The molecule has 7 heteroatoms. The highest BCUT2D eigenvalue weighted by Crippen LogP contribution is 2.24. The molecular weight excluding hydrogens is 398 g/mol. The first-order chi connectivity index (χ1) is 9.20. The molecule has 0 saturated carbocycles. The van der Waals surface area contributed by atoms with E-state index in [-0.39, 0.29) is 11.4 Å². The van der Waals surface area contributed by atoms with E-state index in [0.29, 0.717) is 9.21 Å². The predicted molar refractivity (Wildman–Crippen MR) is 79.0 cm³/mol. The Bertz CT molecular complexity index is 551.